The molecule has 0 saturated carbocycles. The molecule has 7 heteroatoms. The van der Waals surface area contributed by atoms with Crippen LogP contribution in [0.3, 0.4) is 0 Å². The summed E-state index contributed by atoms with van der Waals surface area (Å²) in [5, 5.41) is 11.0. The van der Waals surface area contributed by atoms with E-state index in [0.717, 1.165) is 28.4 Å². The van der Waals surface area contributed by atoms with Crippen molar-refractivity contribution in [3.63, 3.8) is 0 Å². The maximum absolute atomic E-state index is 12.6. The van der Waals surface area contributed by atoms with Crippen LogP contribution in [-0.4, -0.2) is 29.9 Å². The fraction of sp³-hybridized carbons (Fsp3) is 0.261. The van der Waals surface area contributed by atoms with E-state index in [1.807, 2.05) is 43.3 Å². The van der Waals surface area contributed by atoms with E-state index >= 15 is 0 Å². The summed E-state index contributed by atoms with van der Waals surface area (Å²) in [6.07, 6.45) is 0.756. The molecule has 0 aliphatic heterocycles. The van der Waals surface area contributed by atoms with Crippen LogP contribution in [0.4, 0.5) is 5.69 Å². The average Bonchev–Trinajstić information content (AvgIpc) is 3.25. The van der Waals surface area contributed by atoms with Gasteiger partial charge in [0.2, 0.25) is 5.91 Å². The first-order valence-electron chi connectivity index (χ1n) is 9.62. The topological polar surface area (TPSA) is 85.8 Å². The molecule has 1 amide bonds. The van der Waals surface area contributed by atoms with Crippen LogP contribution >= 0.6 is 0 Å². The van der Waals surface area contributed by atoms with E-state index in [2.05, 4.69) is 0 Å². The molecule has 0 aliphatic carbocycles. The van der Waals surface area contributed by atoms with Crippen LogP contribution in [0.5, 0.6) is 5.75 Å². The largest absolute Gasteiger partial charge is 0.497 e. The number of carbonyl (C=O) groups is 1. The molecule has 156 valence electrons. The van der Waals surface area contributed by atoms with Gasteiger partial charge in [0.1, 0.15) is 17.3 Å². The fourth-order valence-electron chi connectivity index (χ4n) is 3.17. The number of furan rings is 1. The molecular weight excluding hydrogens is 384 g/mol. The Morgan fingerprint density at radius 3 is 2.57 bits per heavy atom. The van der Waals surface area contributed by atoms with E-state index in [9.17, 15) is 14.9 Å². The molecule has 30 heavy (non-hydrogen) atoms. The highest BCUT2D eigenvalue weighted by molar-refractivity contribution is 5.76. The zero-order chi connectivity index (χ0) is 21.7. The molecule has 0 fully saturated rings. The molecule has 1 unspecified atom stereocenters. The monoisotopic (exact) mass is 408 g/mol. The van der Waals surface area contributed by atoms with Crippen molar-refractivity contribution in [1.29, 1.82) is 0 Å². The minimum absolute atomic E-state index is 0.0156. The van der Waals surface area contributed by atoms with Crippen molar-refractivity contribution < 1.29 is 18.9 Å². The van der Waals surface area contributed by atoms with Gasteiger partial charge in [-0.1, -0.05) is 12.1 Å². The van der Waals surface area contributed by atoms with Crippen molar-refractivity contribution in [1.82, 2.24) is 4.90 Å². The van der Waals surface area contributed by atoms with E-state index in [1.54, 1.807) is 31.2 Å². The molecule has 1 atom stereocenters. The summed E-state index contributed by atoms with van der Waals surface area (Å²) in [7, 11) is 3.32. The lowest BCUT2D eigenvalue weighted by Crippen LogP contribution is -2.29. The number of benzene rings is 2. The number of rotatable bonds is 8. The maximum atomic E-state index is 12.6. The summed E-state index contributed by atoms with van der Waals surface area (Å²) in [5.74, 6) is 2.18. The molecular formula is C23H24N2O5. The first kappa shape index (κ1) is 21.1. The second kappa shape index (κ2) is 9.26. The summed E-state index contributed by atoms with van der Waals surface area (Å²) in [4.78, 5) is 24.8. The lowest BCUT2D eigenvalue weighted by Gasteiger charge is -2.25. The van der Waals surface area contributed by atoms with Gasteiger partial charge >= 0.3 is 0 Å². The Hall–Kier alpha value is -3.61. The third-order valence-electron chi connectivity index (χ3n) is 5.16. The van der Waals surface area contributed by atoms with Crippen molar-refractivity contribution in [3.8, 4) is 17.1 Å². The van der Waals surface area contributed by atoms with Crippen molar-refractivity contribution in [2.24, 2.45) is 0 Å². The van der Waals surface area contributed by atoms with Crippen molar-refractivity contribution in [3.05, 3.63) is 82.1 Å². The van der Waals surface area contributed by atoms with Gasteiger partial charge in [-0.2, -0.15) is 0 Å². The molecule has 0 saturated heterocycles. The Morgan fingerprint density at radius 2 is 1.90 bits per heavy atom. The van der Waals surface area contributed by atoms with Crippen LogP contribution in [0.15, 0.2) is 65.1 Å². The number of amides is 1. The SMILES string of the molecule is COc1ccc(-c2ccc(CCC(=O)N(C)C(C)c3cccc([N+](=O)[O-])c3)o2)cc1. The highest BCUT2D eigenvalue weighted by Gasteiger charge is 2.19. The maximum Gasteiger partial charge on any atom is 0.269 e. The van der Waals surface area contributed by atoms with Gasteiger partial charge in [0, 0.05) is 37.6 Å². The van der Waals surface area contributed by atoms with Gasteiger partial charge in [-0.3, -0.25) is 14.9 Å². The van der Waals surface area contributed by atoms with Gasteiger partial charge in [-0.05, 0) is 48.9 Å². The molecule has 3 aromatic rings. The van der Waals surface area contributed by atoms with E-state index in [0.29, 0.717) is 6.42 Å². The van der Waals surface area contributed by atoms with E-state index in [-0.39, 0.29) is 24.1 Å². The molecule has 2 aromatic carbocycles. The predicted octanol–water partition coefficient (Wildman–Crippen LogP) is 5.02. The van der Waals surface area contributed by atoms with Crippen LogP contribution in [0.2, 0.25) is 0 Å². The molecule has 1 heterocycles. The second-order valence-electron chi connectivity index (χ2n) is 7.03. The third kappa shape index (κ3) is 4.86. The minimum Gasteiger partial charge on any atom is -0.497 e. The lowest BCUT2D eigenvalue weighted by atomic mass is 10.1. The van der Waals surface area contributed by atoms with Crippen LogP contribution < -0.4 is 4.74 Å². The summed E-state index contributed by atoms with van der Waals surface area (Å²) in [6.45, 7) is 1.85. The van der Waals surface area contributed by atoms with Crippen LogP contribution in [0.25, 0.3) is 11.3 Å². The highest BCUT2D eigenvalue weighted by atomic mass is 16.6. The van der Waals surface area contributed by atoms with Crippen molar-refractivity contribution in [2.45, 2.75) is 25.8 Å². The number of methoxy groups -OCH3 is 1. The molecule has 0 N–H and O–H groups in total. The third-order valence-corrected chi connectivity index (χ3v) is 5.16. The molecule has 0 spiro atoms. The Labute approximate surface area is 175 Å². The summed E-state index contributed by atoms with van der Waals surface area (Å²) in [6, 6.07) is 17.4. The Kier molecular flexibility index (Phi) is 6.51. The summed E-state index contributed by atoms with van der Waals surface area (Å²) < 4.78 is 11.0. The van der Waals surface area contributed by atoms with Gasteiger partial charge in [-0.15, -0.1) is 0 Å². The van der Waals surface area contributed by atoms with Gasteiger partial charge in [0.05, 0.1) is 18.1 Å². The van der Waals surface area contributed by atoms with E-state index in [4.69, 9.17) is 9.15 Å². The molecule has 7 nitrogen and oxygen atoms in total. The van der Waals surface area contributed by atoms with Crippen LogP contribution in [0, 0.1) is 10.1 Å². The van der Waals surface area contributed by atoms with Gasteiger partial charge in [-0.25, -0.2) is 0 Å². The molecule has 0 aliphatic rings. The number of nitro groups is 1. The number of carbonyl (C=O) groups excluding carboxylic acids is 1. The lowest BCUT2D eigenvalue weighted by molar-refractivity contribution is -0.384. The van der Waals surface area contributed by atoms with Crippen molar-refractivity contribution in [2.75, 3.05) is 14.2 Å². The van der Waals surface area contributed by atoms with Gasteiger partial charge < -0.3 is 14.1 Å². The number of nitrogens with zero attached hydrogens (tertiary/aromatic N) is 2. The van der Waals surface area contributed by atoms with Gasteiger partial charge in [0.15, 0.2) is 0 Å². The summed E-state index contributed by atoms with van der Waals surface area (Å²) in [5.41, 5.74) is 1.67. The smallest absolute Gasteiger partial charge is 0.269 e. The number of hydrogen-bond donors (Lipinski definition) is 0. The van der Waals surface area contributed by atoms with Gasteiger partial charge in [0.25, 0.3) is 5.69 Å². The van der Waals surface area contributed by atoms with Crippen LogP contribution in [0.1, 0.15) is 30.7 Å². The highest BCUT2D eigenvalue weighted by Crippen LogP contribution is 2.26. The first-order valence-corrected chi connectivity index (χ1v) is 9.62. The Bertz CT molecular complexity index is 1030. The van der Waals surface area contributed by atoms with E-state index < -0.39 is 4.92 Å². The number of nitro benzene ring substituents is 1. The Morgan fingerprint density at radius 1 is 1.17 bits per heavy atom. The number of aryl methyl sites for hydroxylation is 1. The van der Waals surface area contributed by atoms with Crippen LogP contribution in [-0.2, 0) is 11.2 Å². The molecule has 0 bridgehead atoms. The number of non-ortho nitro benzene ring substituents is 1. The number of ether oxygens (including phenoxy) is 1. The quantitative estimate of drug-likeness (QED) is 0.386. The zero-order valence-electron chi connectivity index (χ0n) is 17.2. The average molecular weight is 408 g/mol. The number of hydrogen-bond acceptors (Lipinski definition) is 5. The minimum atomic E-state index is -0.435. The molecule has 1 aromatic heterocycles. The zero-order valence-corrected chi connectivity index (χ0v) is 17.2. The molecule has 3 rings (SSSR count). The second-order valence-corrected chi connectivity index (χ2v) is 7.03. The Balaban J connectivity index is 1.60. The molecule has 0 radical (unpaired) electrons. The van der Waals surface area contributed by atoms with Crippen molar-refractivity contribution >= 4 is 11.6 Å². The fourth-order valence-corrected chi connectivity index (χ4v) is 3.17. The summed E-state index contributed by atoms with van der Waals surface area (Å²) >= 11 is 0. The first-order chi connectivity index (χ1) is 14.4. The predicted molar refractivity (Wildman–Crippen MR) is 113 cm³/mol. The van der Waals surface area contributed by atoms with E-state index in [1.165, 1.54) is 12.1 Å². The standard InChI is InChI=1S/C23H24N2O5/c1-16(18-5-4-6-19(15-18)25(27)28)24(2)23(26)14-12-21-11-13-22(30-21)17-7-9-20(29-3)10-8-17/h4-11,13,15-16H,12,14H2,1-3H3. The normalized spacial score (nSPS) is 11.7.